The number of aliphatic imine (C=N–C) groups is 1. The van der Waals surface area contributed by atoms with Crippen molar-refractivity contribution in [3.8, 4) is 12.2 Å². The minimum absolute atomic E-state index is 0.165. The van der Waals surface area contributed by atoms with Gasteiger partial charge in [-0.15, -0.1) is 0 Å². The van der Waals surface area contributed by atoms with Crippen LogP contribution in [0.25, 0.3) is 0 Å². The summed E-state index contributed by atoms with van der Waals surface area (Å²) >= 11 is 6.58. The number of rotatable bonds is 5. The largest absolute Gasteiger partial charge is 0.461 e. The molecule has 7 rings (SSSR count). The van der Waals surface area contributed by atoms with E-state index < -0.39 is 11.8 Å². The summed E-state index contributed by atoms with van der Waals surface area (Å²) in [7, 11) is 0. The maximum Gasteiger partial charge on any atom is 0.318 e. The highest BCUT2D eigenvalue weighted by Crippen LogP contribution is 2.49. The summed E-state index contributed by atoms with van der Waals surface area (Å²) in [5, 5.41) is 9.80. The predicted octanol–water partition coefficient (Wildman–Crippen LogP) is 5.16. The van der Waals surface area contributed by atoms with Crippen molar-refractivity contribution in [2.75, 3.05) is 37.7 Å². The number of hydrogen-bond donors (Lipinski definition) is 0. The molecule has 0 bridgehead atoms. The van der Waals surface area contributed by atoms with Crippen LogP contribution in [0, 0.1) is 17.4 Å². The molecule has 0 saturated carbocycles. The maximum absolute atomic E-state index is 14.4. The van der Waals surface area contributed by atoms with E-state index in [9.17, 15) is 4.39 Å². The van der Waals surface area contributed by atoms with Crippen molar-refractivity contribution in [2.24, 2.45) is 10.9 Å². The Morgan fingerprint density at radius 2 is 2.12 bits per heavy atom. The van der Waals surface area contributed by atoms with Crippen molar-refractivity contribution in [1.82, 2.24) is 14.9 Å². The molecule has 4 atom stereocenters. The first-order valence-electron chi connectivity index (χ1n) is 15.0. The highest BCUT2D eigenvalue weighted by Gasteiger charge is 2.50. The number of halogens is 2. The lowest BCUT2D eigenvalue weighted by Crippen LogP contribution is -2.43. The zero-order chi connectivity index (χ0) is 28.0. The monoisotopic (exact) mass is 578 g/mol. The van der Waals surface area contributed by atoms with E-state index in [1.165, 1.54) is 0 Å². The summed E-state index contributed by atoms with van der Waals surface area (Å²) in [6.45, 7) is 3.78. The molecule has 216 valence electrons. The topological polar surface area (TPSA) is 86.9 Å². The molecular formula is C31H36ClFN6O2. The Morgan fingerprint density at radius 1 is 1.20 bits per heavy atom. The summed E-state index contributed by atoms with van der Waals surface area (Å²) < 4.78 is 27.6. The average Bonchev–Trinajstić information content (AvgIpc) is 3.54. The number of nitriles is 1. The molecule has 10 heteroatoms. The van der Waals surface area contributed by atoms with Crippen molar-refractivity contribution in [3.63, 3.8) is 0 Å². The van der Waals surface area contributed by atoms with E-state index in [1.807, 2.05) is 18.3 Å². The Balaban J connectivity index is 1.24. The number of nitrogens with zero attached hydrogens (tertiary/aromatic N) is 6. The van der Waals surface area contributed by atoms with Gasteiger partial charge in [-0.2, -0.15) is 20.2 Å². The molecule has 1 unspecified atom stereocenters. The summed E-state index contributed by atoms with van der Waals surface area (Å²) in [5.41, 5.74) is 3.53. The van der Waals surface area contributed by atoms with Crippen LogP contribution in [0.3, 0.4) is 0 Å². The van der Waals surface area contributed by atoms with Gasteiger partial charge in [0, 0.05) is 55.2 Å². The first-order chi connectivity index (χ1) is 20.0. The van der Waals surface area contributed by atoms with Gasteiger partial charge in [0.05, 0.1) is 23.4 Å². The van der Waals surface area contributed by atoms with Gasteiger partial charge in [0.2, 0.25) is 6.19 Å². The smallest absolute Gasteiger partial charge is 0.318 e. The number of anilines is 1. The Bertz CT molecular complexity index is 1400. The van der Waals surface area contributed by atoms with E-state index in [0.29, 0.717) is 38.6 Å². The van der Waals surface area contributed by atoms with Gasteiger partial charge in [0.25, 0.3) is 0 Å². The van der Waals surface area contributed by atoms with Crippen LogP contribution >= 0.6 is 11.6 Å². The molecule has 1 spiro atoms. The number of ether oxygens (including phenoxy) is 2. The first kappa shape index (κ1) is 27.1. The average molecular weight is 579 g/mol. The third-order valence-corrected chi connectivity index (χ3v) is 10.3. The van der Waals surface area contributed by atoms with E-state index in [1.54, 1.807) is 6.21 Å². The fraction of sp³-hybridized carbons (Fsp3) is 0.613. The molecule has 0 N–H and O–H groups in total. The van der Waals surface area contributed by atoms with Crippen molar-refractivity contribution in [3.05, 3.63) is 45.6 Å². The molecule has 5 heterocycles. The molecule has 8 nitrogen and oxygen atoms in total. The van der Waals surface area contributed by atoms with Gasteiger partial charge >= 0.3 is 6.01 Å². The molecule has 0 radical (unpaired) electrons. The molecule has 41 heavy (non-hydrogen) atoms. The van der Waals surface area contributed by atoms with E-state index >= 15 is 0 Å². The van der Waals surface area contributed by atoms with E-state index in [-0.39, 0.29) is 11.5 Å². The van der Waals surface area contributed by atoms with Crippen LogP contribution in [0.1, 0.15) is 67.3 Å². The zero-order valence-corrected chi connectivity index (χ0v) is 24.1. The Morgan fingerprint density at radius 3 is 3.02 bits per heavy atom. The Hall–Kier alpha value is -2.80. The van der Waals surface area contributed by atoms with Crippen LogP contribution in [0.5, 0.6) is 6.01 Å². The van der Waals surface area contributed by atoms with Crippen LogP contribution in [0.2, 0.25) is 5.02 Å². The second-order valence-electron chi connectivity index (χ2n) is 12.4. The lowest BCUT2D eigenvalue weighted by Gasteiger charge is -2.37. The summed E-state index contributed by atoms with van der Waals surface area (Å²) in [4.78, 5) is 18.4. The van der Waals surface area contributed by atoms with Gasteiger partial charge in [-0.05, 0) is 62.3 Å². The van der Waals surface area contributed by atoms with Crippen molar-refractivity contribution in [1.29, 1.82) is 5.26 Å². The molecule has 1 aromatic carbocycles. The van der Waals surface area contributed by atoms with Gasteiger partial charge in [-0.1, -0.05) is 30.2 Å². The van der Waals surface area contributed by atoms with E-state index in [2.05, 4.69) is 20.9 Å². The Kier molecular flexibility index (Phi) is 7.12. The fourth-order valence-corrected chi connectivity index (χ4v) is 8.23. The lowest BCUT2D eigenvalue weighted by atomic mass is 9.87. The van der Waals surface area contributed by atoms with Crippen LogP contribution < -0.4 is 9.64 Å². The molecule has 1 aliphatic carbocycles. The standard InChI is InChI=1S/C31H36ClFN6O2/c32-26-7-3-6-25-23(26)8-10-31(25)14-27-24(18-41-31)28(38-11-2-1-5-21(16-38)15-35-20-34)37-29(36-27)40-19-30-9-4-12-39(30)17-22(33)13-30/h3,6-7,15,21-22H,1-2,4-5,8-14,16-19H2/t21?,22-,30+,31+/m1/s1. The van der Waals surface area contributed by atoms with E-state index in [4.69, 9.17) is 36.3 Å². The number of alkyl halides is 1. The number of aromatic nitrogens is 2. The van der Waals surface area contributed by atoms with Crippen molar-refractivity contribution in [2.45, 2.75) is 81.7 Å². The van der Waals surface area contributed by atoms with Gasteiger partial charge in [0.15, 0.2) is 0 Å². The third-order valence-electron chi connectivity index (χ3n) is 9.97. The van der Waals surface area contributed by atoms with Crippen LogP contribution in [-0.2, 0) is 29.8 Å². The Labute approximate surface area is 245 Å². The predicted molar refractivity (Wildman–Crippen MR) is 154 cm³/mol. The van der Waals surface area contributed by atoms with Gasteiger partial charge in [-0.3, -0.25) is 4.90 Å². The molecule has 3 fully saturated rings. The summed E-state index contributed by atoms with van der Waals surface area (Å²) in [6.07, 6.45) is 10.8. The minimum atomic E-state index is -0.811. The van der Waals surface area contributed by atoms with Crippen LogP contribution in [0.15, 0.2) is 23.2 Å². The lowest BCUT2D eigenvalue weighted by molar-refractivity contribution is -0.0730. The number of benzene rings is 1. The molecule has 3 saturated heterocycles. The molecule has 0 amide bonds. The maximum atomic E-state index is 14.4. The van der Waals surface area contributed by atoms with Gasteiger partial charge in [0.1, 0.15) is 18.6 Å². The molecular weight excluding hydrogens is 543 g/mol. The highest BCUT2D eigenvalue weighted by molar-refractivity contribution is 6.31. The molecule has 1 aromatic heterocycles. The van der Waals surface area contributed by atoms with Gasteiger partial charge in [-0.25, -0.2) is 4.39 Å². The SMILES string of the molecule is N#CN=CC1CCCCN(c2nc(OC[C@@]34CCCN3C[C@H](F)C4)nc3c2CO[C@@]2(CCc4c(Cl)cccc42)C3)C1. The van der Waals surface area contributed by atoms with E-state index in [0.717, 1.165) is 97.8 Å². The molecule has 4 aliphatic heterocycles. The normalized spacial score (nSPS) is 31.2. The third kappa shape index (κ3) is 4.88. The van der Waals surface area contributed by atoms with Crippen LogP contribution in [-0.4, -0.2) is 65.6 Å². The zero-order valence-electron chi connectivity index (χ0n) is 23.3. The van der Waals surface area contributed by atoms with Crippen LogP contribution in [0.4, 0.5) is 10.2 Å². The minimum Gasteiger partial charge on any atom is -0.461 e. The second-order valence-corrected chi connectivity index (χ2v) is 12.8. The number of fused-ring (bicyclic) bond motifs is 4. The first-order valence-corrected chi connectivity index (χ1v) is 15.4. The summed E-state index contributed by atoms with van der Waals surface area (Å²) in [5.74, 6) is 1.01. The highest BCUT2D eigenvalue weighted by atomic mass is 35.5. The fourth-order valence-electron chi connectivity index (χ4n) is 7.96. The van der Waals surface area contributed by atoms with Crippen molar-refractivity contribution < 1.29 is 13.9 Å². The molecule has 5 aliphatic rings. The van der Waals surface area contributed by atoms with Gasteiger partial charge < -0.3 is 14.4 Å². The molecule has 2 aromatic rings. The second kappa shape index (κ2) is 10.8. The number of hydrogen-bond acceptors (Lipinski definition) is 8. The van der Waals surface area contributed by atoms with Crippen molar-refractivity contribution >= 4 is 23.6 Å². The summed E-state index contributed by atoms with van der Waals surface area (Å²) in [6, 6.07) is 6.44. The quantitative estimate of drug-likeness (QED) is 0.358.